The first-order valence-electron chi connectivity index (χ1n) is 10.3. The standard InChI is InChI=1S/C24H21ClN6O2/c1-16(17-7-3-2-4-8-17)26-24(33)20-9-5-6-10-21(20)27-22(32)15-31-29-23(28-30-31)18-11-13-19(25)14-12-18/h2-14,16H,15H2,1H3,(H,26,33)(H,27,32). The minimum Gasteiger partial charge on any atom is -0.345 e. The molecule has 8 nitrogen and oxygen atoms in total. The summed E-state index contributed by atoms with van der Waals surface area (Å²) in [6, 6.07) is 23.3. The number of amides is 2. The van der Waals surface area contributed by atoms with Crippen LogP contribution in [0.5, 0.6) is 0 Å². The topological polar surface area (TPSA) is 102 Å². The molecule has 0 radical (unpaired) electrons. The number of para-hydroxylation sites is 1. The minimum absolute atomic E-state index is 0.156. The number of benzene rings is 3. The van der Waals surface area contributed by atoms with Gasteiger partial charge in [0.05, 0.1) is 17.3 Å². The van der Waals surface area contributed by atoms with Gasteiger partial charge in [0, 0.05) is 10.6 Å². The SMILES string of the molecule is CC(NC(=O)c1ccccc1NC(=O)Cn1nnc(-c2ccc(Cl)cc2)n1)c1ccccc1. The molecule has 166 valence electrons. The van der Waals surface area contributed by atoms with Crippen molar-refractivity contribution in [1.29, 1.82) is 0 Å². The molecule has 3 aromatic carbocycles. The largest absolute Gasteiger partial charge is 0.345 e. The van der Waals surface area contributed by atoms with Crippen LogP contribution in [0.3, 0.4) is 0 Å². The van der Waals surface area contributed by atoms with Crippen LogP contribution in [0.1, 0.15) is 28.9 Å². The van der Waals surface area contributed by atoms with Crippen molar-refractivity contribution in [3.8, 4) is 11.4 Å². The number of hydrogen-bond donors (Lipinski definition) is 2. The first kappa shape index (κ1) is 22.2. The number of nitrogens with one attached hydrogen (secondary N) is 2. The van der Waals surface area contributed by atoms with Gasteiger partial charge in [0.1, 0.15) is 6.54 Å². The van der Waals surface area contributed by atoms with E-state index < -0.39 is 0 Å². The zero-order valence-corrected chi connectivity index (χ0v) is 18.5. The molecule has 4 aromatic rings. The van der Waals surface area contributed by atoms with Gasteiger partial charge in [-0.15, -0.1) is 10.2 Å². The number of carbonyl (C=O) groups excluding carboxylic acids is 2. The summed E-state index contributed by atoms with van der Waals surface area (Å²) in [6.45, 7) is 1.75. The lowest BCUT2D eigenvalue weighted by Gasteiger charge is -2.16. The highest BCUT2D eigenvalue weighted by atomic mass is 35.5. The molecule has 1 atom stereocenters. The summed E-state index contributed by atoms with van der Waals surface area (Å²) >= 11 is 5.90. The second-order valence-electron chi connectivity index (χ2n) is 7.35. The van der Waals surface area contributed by atoms with Crippen molar-refractivity contribution < 1.29 is 9.59 Å². The molecule has 0 fully saturated rings. The number of tetrazole rings is 1. The Labute approximate surface area is 195 Å². The Balaban J connectivity index is 1.42. The lowest BCUT2D eigenvalue weighted by atomic mass is 10.1. The van der Waals surface area contributed by atoms with Gasteiger partial charge >= 0.3 is 0 Å². The van der Waals surface area contributed by atoms with Gasteiger partial charge in [-0.3, -0.25) is 9.59 Å². The van der Waals surface area contributed by atoms with E-state index in [9.17, 15) is 9.59 Å². The smallest absolute Gasteiger partial charge is 0.253 e. The molecule has 1 heterocycles. The maximum atomic E-state index is 12.9. The highest BCUT2D eigenvalue weighted by Gasteiger charge is 2.17. The predicted octanol–water partition coefficient (Wildman–Crippen LogP) is 4.12. The average Bonchev–Trinajstić information content (AvgIpc) is 3.28. The lowest BCUT2D eigenvalue weighted by Crippen LogP contribution is -2.28. The molecule has 0 aliphatic heterocycles. The van der Waals surface area contributed by atoms with Gasteiger partial charge in [-0.2, -0.15) is 4.80 Å². The van der Waals surface area contributed by atoms with Crippen molar-refractivity contribution in [2.45, 2.75) is 19.5 Å². The maximum Gasteiger partial charge on any atom is 0.253 e. The molecule has 2 N–H and O–H groups in total. The van der Waals surface area contributed by atoms with Crippen LogP contribution in [0.25, 0.3) is 11.4 Å². The fraction of sp³-hybridized carbons (Fsp3) is 0.125. The van der Waals surface area contributed by atoms with E-state index in [1.54, 1.807) is 48.5 Å². The van der Waals surface area contributed by atoms with E-state index in [2.05, 4.69) is 26.0 Å². The number of hydrogen-bond acceptors (Lipinski definition) is 5. The first-order chi connectivity index (χ1) is 16.0. The average molecular weight is 461 g/mol. The highest BCUT2D eigenvalue weighted by Crippen LogP contribution is 2.19. The molecule has 0 aliphatic rings. The quantitative estimate of drug-likeness (QED) is 0.432. The van der Waals surface area contributed by atoms with Crippen LogP contribution in [0.2, 0.25) is 5.02 Å². The molecule has 4 rings (SSSR count). The predicted molar refractivity (Wildman–Crippen MR) is 126 cm³/mol. The number of aromatic nitrogens is 4. The maximum absolute atomic E-state index is 12.9. The summed E-state index contributed by atoms with van der Waals surface area (Å²) in [5.74, 6) is -0.285. The van der Waals surface area contributed by atoms with E-state index in [0.29, 0.717) is 22.1 Å². The van der Waals surface area contributed by atoms with Gasteiger partial charge in [0.25, 0.3) is 5.91 Å². The molecule has 0 bridgehead atoms. The van der Waals surface area contributed by atoms with Crippen molar-refractivity contribution in [1.82, 2.24) is 25.5 Å². The lowest BCUT2D eigenvalue weighted by molar-refractivity contribution is -0.117. The molecule has 33 heavy (non-hydrogen) atoms. The summed E-state index contributed by atoms with van der Waals surface area (Å²) < 4.78 is 0. The van der Waals surface area contributed by atoms with E-state index in [-0.39, 0.29) is 24.4 Å². The molecular formula is C24H21ClN6O2. The van der Waals surface area contributed by atoms with Gasteiger partial charge in [0.15, 0.2) is 0 Å². The van der Waals surface area contributed by atoms with Crippen molar-refractivity contribution in [2.24, 2.45) is 0 Å². The summed E-state index contributed by atoms with van der Waals surface area (Å²) in [6.07, 6.45) is 0. The Morgan fingerprint density at radius 1 is 0.970 bits per heavy atom. The molecule has 0 aliphatic carbocycles. The summed E-state index contributed by atoms with van der Waals surface area (Å²) in [7, 11) is 0. The number of rotatable bonds is 7. The van der Waals surface area contributed by atoms with Crippen molar-refractivity contribution in [3.63, 3.8) is 0 Å². The van der Waals surface area contributed by atoms with Crippen LogP contribution >= 0.6 is 11.6 Å². The molecule has 0 spiro atoms. The summed E-state index contributed by atoms with van der Waals surface area (Å²) in [5.41, 5.74) is 2.49. The Hall–Kier alpha value is -4.04. The highest BCUT2D eigenvalue weighted by molar-refractivity contribution is 6.30. The second kappa shape index (κ2) is 10.1. The van der Waals surface area contributed by atoms with Gasteiger partial charge < -0.3 is 10.6 Å². The zero-order valence-electron chi connectivity index (χ0n) is 17.8. The van der Waals surface area contributed by atoms with Crippen molar-refractivity contribution >= 4 is 29.1 Å². The Morgan fingerprint density at radius 3 is 2.42 bits per heavy atom. The second-order valence-corrected chi connectivity index (χ2v) is 7.79. The number of halogens is 1. The van der Waals surface area contributed by atoms with Crippen LogP contribution in [-0.2, 0) is 11.3 Å². The Morgan fingerprint density at radius 2 is 1.67 bits per heavy atom. The third kappa shape index (κ3) is 5.61. The summed E-state index contributed by atoms with van der Waals surface area (Å²) in [5, 5.41) is 18.5. The van der Waals surface area contributed by atoms with E-state index in [1.807, 2.05) is 37.3 Å². The van der Waals surface area contributed by atoms with Crippen LogP contribution in [-0.4, -0.2) is 32.0 Å². The molecular weight excluding hydrogens is 440 g/mol. The first-order valence-corrected chi connectivity index (χ1v) is 10.7. The van der Waals surface area contributed by atoms with E-state index in [4.69, 9.17) is 11.6 Å². The van der Waals surface area contributed by atoms with Crippen LogP contribution in [0.15, 0.2) is 78.9 Å². The van der Waals surface area contributed by atoms with E-state index in [1.165, 1.54) is 4.80 Å². The Kier molecular flexibility index (Phi) is 6.75. The molecule has 1 unspecified atom stereocenters. The fourth-order valence-corrected chi connectivity index (χ4v) is 3.36. The fourth-order valence-electron chi connectivity index (χ4n) is 3.23. The number of carbonyl (C=O) groups is 2. The molecule has 9 heteroatoms. The van der Waals surface area contributed by atoms with Gasteiger partial charge in [-0.1, -0.05) is 54.1 Å². The number of nitrogens with zero attached hydrogens (tertiary/aromatic N) is 4. The monoisotopic (exact) mass is 460 g/mol. The van der Waals surface area contributed by atoms with Gasteiger partial charge in [-0.25, -0.2) is 0 Å². The third-order valence-electron chi connectivity index (χ3n) is 4.93. The van der Waals surface area contributed by atoms with E-state index >= 15 is 0 Å². The van der Waals surface area contributed by atoms with Crippen molar-refractivity contribution in [2.75, 3.05) is 5.32 Å². The molecule has 0 saturated heterocycles. The molecule has 1 aromatic heterocycles. The number of anilines is 1. The van der Waals surface area contributed by atoms with Crippen LogP contribution < -0.4 is 10.6 Å². The molecule has 0 saturated carbocycles. The Bertz CT molecular complexity index is 1260. The van der Waals surface area contributed by atoms with Crippen LogP contribution in [0, 0.1) is 0 Å². The normalized spacial score (nSPS) is 11.6. The molecule has 2 amide bonds. The van der Waals surface area contributed by atoms with Crippen molar-refractivity contribution in [3.05, 3.63) is 95.0 Å². The van der Waals surface area contributed by atoms with E-state index in [0.717, 1.165) is 11.1 Å². The van der Waals surface area contributed by atoms with Gasteiger partial charge in [0.2, 0.25) is 11.7 Å². The minimum atomic E-state index is -0.383. The third-order valence-corrected chi connectivity index (χ3v) is 5.19. The van der Waals surface area contributed by atoms with Gasteiger partial charge in [-0.05, 0) is 54.1 Å². The van der Waals surface area contributed by atoms with Crippen LogP contribution in [0.4, 0.5) is 5.69 Å². The summed E-state index contributed by atoms with van der Waals surface area (Å²) in [4.78, 5) is 26.7. The zero-order chi connectivity index (χ0) is 23.2.